The van der Waals surface area contributed by atoms with Crippen molar-refractivity contribution in [3.63, 3.8) is 0 Å². The fraction of sp³-hybridized carbons (Fsp3) is 0.560. The summed E-state index contributed by atoms with van der Waals surface area (Å²) in [5.74, 6) is -2.31. The quantitative estimate of drug-likeness (QED) is 0.471. The van der Waals surface area contributed by atoms with E-state index >= 15 is 0 Å². The van der Waals surface area contributed by atoms with Gasteiger partial charge in [-0.3, -0.25) is 24.0 Å². The number of carbonyl (C=O) groups is 5. The molecule has 37 heavy (non-hydrogen) atoms. The number of hydrogen-bond acceptors (Lipinski definition) is 7. The van der Waals surface area contributed by atoms with Gasteiger partial charge >= 0.3 is 0 Å². The molecule has 0 saturated carbocycles. The molecule has 5 amide bonds. The molecule has 2 aliphatic heterocycles. The lowest BCUT2D eigenvalue weighted by Gasteiger charge is -2.29. The van der Waals surface area contributed by atoms with Crippen molar-refractivity contribution < 1.29 is 33.4 Å². The first kappa shape index (κ1) is 27.9. The number of benzene rings is 1. The molecule has 3 atom stereocenters. The second-order valence-electron chi connectivity index (χ2n) is 9.24. The Balaban J connectivity index is 1.90. The number of hydrogen-bond donors (Lipinski definition) is 3. The van der Waals surface area contributed by atoms with Gasteiger partial charge in [-0.15, -0.1) is 0 Å². The molecule has 12 nitrogen and oxygen atoms in total. The van der Waals surface area contributed by atoms with Crippen molar-refractivity contribution in [1.29, 1.82) is 0 Å². The number of nitrogens with zero attached hydrogens (tertiary/aromatic N) is 2. The molecule has 3 rings (SSSR count). The molecule has 202 valence electrons. The lowest BCUT2D eigenvalue weighted by Crippen LogP contribution is -2.52. The van der Waals surface area contributed by atoms with Gasteiger partial charge in [0.1, 0.15) is 24.4 Å². The van der Waals surface area contributed by atoms with E-state index in [0.29, 0.717) is 18.9 Å². The number of carbonyl (C=O) groups excluding carboxylic acids is 5. The first-order valence-corrected chi connectivity index (χ1v) is 12.4. The predicted octanol–water partition coefficient (Wildman–Crippen LogP) is -0.586. The van der Waals surface area contributed by atoms with Crippen LogP contribution >= 0.6 is 0 Å². The maximum absolute atomic E-state index is 13.5. The summed E-state index contributed by atoms with van der Waals surface area (Å²) in [5.41, 5.74) is 5.53. The molecule has 0 unspecified atom stereocenters. The third-order valence-corrected chi connectivity index (χ3v) is 6.51. The molecular formula is C25H35N5O7. The molecule has 1 fully saturated rings. The van der Waals surface area contributed by atoms with Gasteiger partial charge in [0.05, 0.1) is 31.2 Å². The molecule has 0 radical (unpaired) electrons. The number of para-hydroxylation sites is 1. The largest absolute Gasteiger partial charge is 0.491 e. The summed E-state index contributed by atoms with van der Waals surface area (Å²) < 4.78 is 11.0. The number of likely N-dealkylation sites (tertiary alicyclic amines) is 1. The number of methoxy groups -OCH3 is 1. The zero-order valence-electron chi connectivity index (χ0n) is 21.2. The normalized spacial score (nSPS) is 23.7. The van der Waals surface area contributed by atoms with E-state index in [1.54, 1.807) is 36.3 Å². The molecule has 2 aliphatic rings. The zero-order valence-corrected chi connectivity index (χ0v) is 21.2. The van der Waals surface area contributed by atoms with Gasteiger partial charge in [0, 0.05) is 27.1 Å². The minimum absolute atomic E-state index is 0.0110. The number of nitrogens with two attached hydrogens (primary N) is 1. The number of rotatable bonds is 5. The summed E-state index contributed by atoms with van der Waals surface area (Å²) in [6.45, 7) is 1.08. The highest BCUT2D eigenvalue weighted by atomic mass is 16.5. The molecule has 1 aromatic rings. The van der Waals surface area contributed by atoms with E-state index in [0.717, 1.165) is 12.8 Å². The molecular weight excluding hydrogens is 482 g/mol. The fourth-order valence-corrected chi connectivity index (χ4v) is 4.58. The maximum Gasteiger partial charge on any atom is 0.255 e. The second-order valence-corrected chi connectivity index (χ2v) is 9.24. The smallest absolute Gasteiger partial charge is 0.255 e. The molecule has 0 spiro atoms. The van der Waals surface area contributed by atoms with Gasteiger partial charge in [-0.1, -0.05) is 12.1 Å². The minimum atomic E-state index is -1.15. The van der Waals surface area contributed by atoms with E-state index in [-0.39, 0.29) is 49.9 Å². The van der Waals surface area contributed by atoms with Crippen LogP contribution in [0.2, 0.25) is 0 Å². The first-order chi connectivity index (χ1) is 17.7. The fourth-order valence-electron chi connectivity index (χ4n) is 4.58. The highest BCUT2D eigenvalue weighted by Crippen LogP contribution is 2.22. The number of likely N-dealkylation sites (N-methyl/N-ethyl adjacent to an activating group) is 1. The molecule has 1 saturated heterocycles. The number of amides is 5. The van der Waals surface area contributed by atoms with E-state index < -0.39 is 35.7 Å². The third kappa shape index (κ3) is 7.42. The van der Waals surface area contributed by atoms with Gasteiger partial charge in [0.25, 0.3) is 5.91 Å². The number of primary amides is 1. The first-order valence-electron chi connectivity index (χ1n) is 12.4. The lowest BCUT2D eigenvalue weighted by molar-refractivity contribution is -0.138. The maximum atomic E-state index is 13.5. The van der Waals surface area contributed by atoms with E-state index in [9.17, 15) is 24.0 Å². The van der Waals surface area contributed by atoms with Crippen LogP contribution in [0.15, 0.2) is 24.3 Å². The van der Waals surface area contributed by atoms with Crippen LogP contribution in [0.25, 0.3) is 0 Å². The highest BCUT2D eigenvalue weighted by molar-refractivity contribution is 6.00. The summed E-state index contributed by atoms with van der Waals surface area (Å²) in [4.78, 5) is 67.0. The monoisotopic (exact) mass is 517 g/mol. The van der Waals surface area contributed by atoms with Gasteiger partial charge in [-0.05, 0) is 31.4 Å². The summed E-state index contributed by atoms with van der Waals surface area (Å²) in [7, 11) is 3.08. The van der Waals surface area contributed by atoms with Crippen molar-refractivity contribution in [3.8, 4) is 5.75 Å². The average Bonchev–Trinajstić information content (AvgIpc) is 3.33. The molecule has 0 aliphatic carbocycles. The topological polar surface area (TPSA) is 160 Å². The molecule has 2 heterocycles. The Morgan fingerprint density at radius 1 is 1.14 bits per heavy atom. The standard InChI is InChI=1S/C25H35N5O7/c1-29-12-13-37-20-8-4-3-7-17(20)23(33)28-18(25(35)30-11-5-6-16(30)15-36-2)9-10-22(32)27-19(24(29)34)14-21(26)31/h3-4,7-8,16,18-19H,5-6,9-15H2,1-2H3,(H2,26,31)(H,27,32)(H,28,33)/t16-,18-,19-/m0/s1. The Hall–Kier alpha value is -3.67. The second kappa shape index (κ2) is 13.0. The molecule has 0 aromatic heterocycles. The lowest BCUT2D eigenvalue weighted by atomic mass is 10.1. The van der Waals surface area contributed by atoms with Crippen molar-refractivity contribution in [2.75, 3.05) is 40.5 Å². The van der Waals surface area contributed by atoms with Crippen LogP contribution in [-0.2, 0) is 23.9 Å². The average molecular weight is 518 g/mol. The number of ether oxygens (including phenoxy) is 2. The van der Waals surface area contributed by atoms with Crippen molar-refractivity contribution in [2.45, 2.75) is 50.2 Å². The van der Waals surface area contributed by atoms with E-state index in [1.165, 1.54) is 11.9 Å². The molecule has 0 bridgehead atoms. The van der Waals surface area contributed by atoms with Gasteiger partial charge in [0.15, 0.2) is 0 Å². The van der Waals surface area contributed by atoms with Crippen LogP contribution in [-0.4, -0.2) is 97.9 Å². The van der Waals surface area contributed by atoms with Crippen LogP contribution in [0.3, 0.4) is 0 Å². The van der Waals surface area contributed by atoms with Gasteiger partial charge in [-0.25, -0.2) is 0 Å². The molecule has 1 aromatic carbocycles. The van der Waals surface area contributed by atoms with Crippen molar-refractivity contribution >= 4 is 29.5 Å². The summed E-state index contributed by atoms with van der Waals surface area (Å²) in [6.07, 6.45) is 1.04. The Labute approximate surface area is 215 Å². The zero-order chi connectivity index (χ0) is 26.9. The Bertz CT molecular complexity index is 1020. The Morgan fingerprint density at radius 2 is 1.89 bits per heavy atom. The van der Waals surface area contributed by atoms with Crippen molar-refractivity contribution in [3.05, 3.63) is 29.8 Å². The minimum Gasteiger partial charge on any atom is -0.491 e. The molecule has 4 N–H and O–H groups in total. The van der Waals surface area contributed by atoms with Crippen LogP contribution < -0.4 is 21.1 Å². The van der Waals surface area contributed by atoms with Crippen LogP contribution in [0.1, 0.15) is 42.5 Å². The van der Waals surface area contributed by atoms with Gasteiger partial charge in [0.2, 0.25) is 23.6 Å². The van der Waals surface area contributed by atoms with E-state index in [1.807, 2.05) is 0 Å². The Morgan fingerprint density at radius 3 is 2.62 bits per heavy atom. The van der Waals surface area contributed by atoms with Crippen LogP contribution in [0.5, 0.6) is 5.75 Å². The van der Waals surface area contributed by atoms with E-state index in [4.69, 9.17) is 15.2 Å². The predicted molar refractivity (Wildman–Crippen MR) is 132 cm³/mol. The summed E-state index contributed by atoms with van der Waals surface area (Å²) in [6, 6.07) is 4.33. The number of nitrogens with one attached hydrogen (secondary N) is 2. The Kier molecular flexibility index (Phi) is 9.84. The van der Waals surface area contributed by atoms with E-state index in [2.05, 4.69) is 10.6 Å². The highest BCUT2D eigenvalue weighted by Gasteiger charge is 2.35. The van der Waals surface area contributed by atoms with Crippen LogP contribution in [0.4, 0.5) is 0 Å². The van der Waals surface area contributed by atoms with Crippen molar-refractivity contribution in [2.24, 2.45) is 5.73 Å². The van der Waals surface area contributed by atoms with Gasteiger partial charge in [-0.2, -0.15) is 0 Å². The summed E-state index contributed by atoms with van der Waals surface area (Å²) in [5, 5.41) is 5.34. The molecule has 12 heteroatoms. The van der Waals surface area contributed by atoms with Gasteiger partial charge < -0.3 is 35.6 Å². The third-order valence-electron chi connectivity index (χ3n) is 6.51. The number of fused-ring (bicyclic) bond motifs is 1. The SMILES string of the molecule is COC[C@@H]1CCCN1C(=O)[C@@H]1CCC(=O)N[C@@H](CC(N)=O)C(=O)N(C)CCOc2ccccc2C(=O)N1. The van der Waals surface area contributed by atoms with Crippen molar-refractivity contribution in [1.82, 2.24) is 20.4 Å². The summed E-state index contributed by atoms with van der Waals surface area (Å²) >= 11 is 0. The van der Waals surface area contributed by atoms with Crippen LogP contribution in [0, 0.1) is 0 Å².